The van der Waals surface area contributed by atoms with E-state index in [1.54, 1.807) is 0 Å². The standard InChI is InChI=1S/C12H19N6O7P/c13-2-1-5(25-26(21,22)23)9-7(19)8(20)12(24-9)18-4-17-6-10(14)15-3-16-11(6)18/h3-5,7-9,12,19-20H,1-2,13H2,(H2,14,15,16)(H2,21,22,23)/t5?,7-,8+,9+,12+/m0/s1. The molecular formula is C12H19N6O7P. The van der Waals surface area contributed by atoms with E-state index >= 15 is 0 Å². The van der Waals surface area contributed by atoms with Crippen molar-refractivity contribution in [1.82, 2.24) is 19.5 Å². The third-order valence-corrected chi connectivity index (χ3v) is 4.57. The second-order valence-corrected chi connectivity index (χ2v) is 6.96. The third kappa shape index (κ3) is 3.56. The lowest BCUT2D eigenvalue weighted by molar-refractivity contribution is -0.0822. The smallest absolute Gasteiger partial charge is 0.387 e. The fourth-order valence-corrected chi connectivity index (χ4v) is 3.47. The normalized spacial score (nSPS) is 27.9. The lowest BCUT2D eigenvalue weighted by atomic mass is 10.0. The molecule has 0 aliphatic carbocycles. The van der Waals surface area contributed by atoms with Gasteiger partial charge in [-0.05, 0) is 13.0 Å². The van der Waals surface area contributed by atoms with Gasteiger partial charge in [-0.2, -0.15) is 0 Å². The highest BCUT2D eigenvalue weighted by Crippen LogP contribution is 2.42. The van der Waals surface area contributed by atoms with Gasteiger partial charge in [0.25, 0.3) is 0 Å². The molecule has 1 fully saturated rings. The van der Waals surface area contributed by atoms with Gasteiger partial charge >= 0.3 is 7.82 Å². The molecule has 2 aromatic rings. The summed E-state index contributed by atoms with van der Waals surface area (Å²) in [4.78, 5) is 30.0. The summed E-state index contributed by atoms with van der Waals surface area (Å²) >= 11 is 0. The molecular weight excluding hydrogens is 371 g/mol. The number of imidazole rings is 1. The predicted octanol–water partition coefficient (Wildman–Crippen LogP) is -2.15. The predicted molar refractivity (Wildman–Crippen MR) is 86.2 cm³/mol. The van der Waals surface area contributed by atoms with Crippen LogP contribution >= 0.6 is 7.82 Å². The number of fused-ring (bicyclic) bond motifs is 1. The van der Waals surface area contributed by atoms with Crippen LogP contribution in [0.2, 0.25) is 0 Å². The minimum atomic E-state index is -4.86. The van der Waals surface area contributed by atoms with Gasteiger partial charge in [-0.25, -0.2) is 19.5 Å². The van der Waals surface area contributed by atoms with E-state index in [1.807, 2.05) is 0 Å². The van der Waals surface area contributed by atoms with Crippen molar-refractivity contribution >= 4 is 24.8 Å². The molecule has 26 heavy (non-hydrogen) atoms. The van der Waals surface area contributed by atoms with Crippen LogP contribution in [0.25, 0.3) is 11.2 Å². The van der Waals surface area contributed by atoms with E-state index < -0.39 is 38.5 Å². The number of anilines is 1. The molecule has 1 aliphatic heterocycles. The first-order chi connectivity index (χ1) is 12.2. The van der Waals surface area contributed by atoms with Crippen LogP contribution in [0.3, 0.4) is 0 Å². The second kappa shape index (κ2) is 7.13. The molecule has 144 valence electrons. The molecule has 1 aliphatic rings. The highest BCUT2D eigenvalue weighted by molar-refractivity contribution is 7.46. The highest BCUT2D eigenvalue weighted by Gasteiger charge is 2.49. The molecule has 5 atom stereocenters. The van der Waals surface area contributed by atoms with Gasteiger partial charge in [0, 0.05) is 0 Å². The van der Waals surface area contributed by atoms with Crippen LogP contribution in [0.1, 0.15) is 12.6 Å². The van der Waals surface area contributed by atoms with E-state index in [1.165, 1.54) is 17.2 Å². The van der Waals surface area contributed by atoms with Crippen molar-refractivity contribution in [1.29, 1.82) is 0 Å². The number of aromatic nitrogens is 4. The molecule has 1 unspecified atom stereocenters. The average molecular weight is 390 g/mol. The summed E-state index contributed by atoms with van der Waals surface area (Å²) in [6, 6.07) is 0. The number of phosphoric ester groups is 1. The summed E-state index contributed by atoms with van der Waals surface area (Å²) in [5.41, 5.74) is 11.7. The van der Waals surface area contributed by atoms with Crippen molar-refractivity contribution in [2.24, 2.45) is 5.73 Å². The Morgan fingerprint density at radius 2 is 2.04 bits per heavy atom. The van der Waals surface area contributed by atoms with Gasteiger partial charge in [-0.3, -0.25) is 9.09 Å². The maximum atomic E-state index is 11.2. The van der Waals surface area contributed by atoms with E-state index in [2.05, 4.69) is 19.5 Å². The fourth-order valence-electron chi connectivity index (χ4n) is 2.90. The molecule has 0 saturated carbocycles. The Labute approximate surface area is 146 Å². The minimum Gasteiger partial charge on any atom is -0.387 e. The zero-order valence-electron chi connectivity index (χ0n) is 13.4. The number of rotatable bonds is 6. The zero-order chi connectivity index (χ0) is 19.1. The zero-order valence-corrected chi connectivity index (χ0v) is 14.3. The quantitative estimate of drug-likeness (QED) is 0.291. The number of nitrogen functional groups attached to an aromatic ring is 1. The minimum absolute atomic E-state index is 0.00787. The number of nitrogens with zero attached hydrogens (tertiary/aromatic N) is 4. The molecule has 0 bridgehead atoms. The molecule has 14 heteroatoms. The monoisotopic (exact) mass is 390 g/mol. The van der Waals surface area contributed by atoms with E-state index in [0.717, 1.165) is 0 Å². The van der Waals surface area contributed by atoms with Crippen LogP contribution in [0.4, 0.5) is 5.82 Å². The molecule has 13 nitrogen and oxygen atoms in total. The van der Waals surface area contributed by atoms with Crippen molar-refractivity contribution in [3.63, 3.8) is 0 Å². The molecule has 0 aromatic carbocycles. The Balaban J connectivity index is 1.91. The first-order valence-electron chi connectivity index (χ1n) is 7.61. The Bertz CT molecular complexity index is 828. The summed E-state index contributed by atoms with van der Waals surface area (Å²) in [5, 5.41) is 20.7. The number of nitrogens with two attached hydrogens (primary N) is 2. The molecule has 0 radical (unpaired) electrons. The summed E-state index contributed by atoms with van der Waals surface area (Å²) in [5.74, 6) is 0.129. The van der Waals surface area contributed by atoms with Crippen LogP contribution in [-0.2, 0) is 13.8 Å². The Morgan fingerprint density at radius 1 is 1.31 bits per heavy atom. The number of aliphatic hydroxyl groups excluding tert-OH is 2. The van der Waals surface area contributed by atoms with Crippen LogP contribution in [0.15, 0.2) is 12.7 Å². The number of aliphatic hydroxyl groups is 2. The molecule has 8 N–H and O–H groups in total. The summed E-state index contributed by atoms with van der Waals surface area (Å²) in [6.45, 7) is 0.0236. The van der Waals surface area contributed by atoms with Gasteiger partial charge in [0.05, 0.1) is 12.4 Å². The summed E-state index contributed by atoms with van der Waals surface area (Å²) in [6.07, 6.45) is -4.01. The highest BCUT2D eigenvalue weighted by atomic mass is 31.2. The Morgan fingerprint density at radius 3 is 2.69 bits per heavy atom. The van der Waals surface area contributed by atoms with Crippen molar-refractivity contribution in [2.75, 3.05) is 12.3 Å². The van der Waals surface area contributed by atoms with Gasteiger partial charge in [0.2, 0.25) is 0 Å². The maximum Gasteiger partial charge on any atom is 0.469 e. The first kappa shape index (κ1) is 19.1. The topological polar surface area (TPSA) is 212 Å². The molecule has 3 rings (SSSR count). The van der Waals surface area contributed by atoms with Crippen molar-refractivity contribution in [2.45, 2.75) is 37.1 Å². The van der Waals surface area contributed by atoms with Crippen LogP contribution in [-0.4, -0.2) is 70.5 Å². The number of phosphoric acid groups is 1. The van der Waals surface area contributed by atoms with Gasteiger partial charge in [-0.15, -0.1) is 0 Å². The number of hydrogen-bond donors (Lipinski definition) is 6. The van der Waals surface area contributed by atoms with Crippen LogP contribution in [0, 0.1) is 0 Å². The molecule has 3 heterocycles. The van der Waals surface area contributed by atoms with E-state index in [9.17, 15) is 14.8 Å². The average Bonchev–Trinajstić information content (AvgIpc) is 3.09. The van der Waals surface area contributed by atoms with Crippen molar-refractivity contribution in [3.8, 4) is 0 Å². The van der Waals surface area contributed by atoms with Crippen LogP contribution in [0.5, 0.6) is 0 Å². The molecule has 0 spiro atoms. The second-order valence-electron chi connectivity index (χ2n) is 5.77. The largest absolute Gasteiger partial charge is 0.469 e. The maximum absolute atomic E-state index is 11.2. The van der Waals surface area contributed by atoms with Crippen molar-refractivity contribution in [3.05, 3.63) is 12.7 Å². The van der Waals surface area contributed by atoms with E-state index in [-0.39, 0.29) is 29.9 Å². The van der Waals surface area contributed by atoms with E-state index in [4.69, 9.17) is 26.0 Å². The van der Waals surface area contributed by atoms with E-state index in [0.29, 0.717) is 0 Å². The lowest BCUT2D eigenvalue weighted by Crippen LogP contribution is -2.40. The molecule has 1 saturated heterocycles. The third-order valence-electron chi connectivity index (χ3n) is 4.03. The lowest BCUT2D eigenvalue weighted by Gasteiger charge is -2.25. The van der Waals surface area contributed by atoms with Gasteiger partial charge in [-0.1, -0.05) is 0 Å². The number of ether oxygens (including phenoxy) is 1. The van der Waals surface area contributed by atoms with Crippen molar-refractivity contribution < 1.29 is 33.8 Å². The number of hydrogen-bond acceptors (Lipinski definition) is 10. The van der Waals surface area contributed by atoms with Gasteiger partial charge < -0.3 is 36.2 Å². The Kier molecular flexibility index (Phi) is 5.23. The fraction of sp³-hybridized carbons (Fsp3) is 0.583. The summed E-state index contributed by atoms with van der Waals surface area (Å²) < 4.78 is 22.8. The van der Waals surface area contributed by atoms with Gasteiger partial charge in [0.1, 0.15) is 30.2 Å². The molecule has 2 aromatic heterocycles. The van der Waals surface area contributed by atoms with Crippen LogP contribution < -0.4 is 11.5 Å². The van der Waals surface area contributed by atoms with Gasteiger partial charge in [0.15, 0.2) is 17.7 Å². The molecule has 0 amide bonds. The summed E-state index contributed by atoms with van der Waals surface area (Å²) in [7, 11) is -4.86. The first-order valence-corrected chi connectivity index (χ1v) is 9.14. The SMILES string of the molecule is NCCC(OP(=O)(O)O)[C@H]1O[C@@H](n2cnc3c(N)ncnc32)[C@H](O)[C@@H]1O. The Hall–Kier alpha value is -1.70.